The number of methoxy groups -OCH3 is 1. The van der Waals surface area contributed by atoms with Crippen molar-refractivity contribution in [3.63, 3.8) is 0 Å². The number of ether oxygens (including phenoxy) is 2. The van der Waals surface area contributed by atoms with Crippen molar-refractivity contribution in [1.29, 1.82) is 0 Å². The van der Waals surface area contributed by atoms with Crippen LogP contribution in [0.5, 0.6) is 5.88 Å². The van der Waals surface area contributed by atoms with Gasteiger partial charge in [-0.05, 0) is 48.3 Å². The highest BCUT2D eigenvalue weighted by Crippen LogP contribution is 2.39. The van der Waals surface area contributed by atoms with Gasteiger partial charge < -0.3 is 29.9 Å². The van der Waals surface area contributed by atoms with E-state index in [1.54, 1.807) is 0 Å². The molecule has 4 heterocycles. The number of likely N-dealkylation sites (N-methyl/N-ethyl adjacent to an activating group) is 1. The number of carbonyl (C=O) groups is 1. The number of dihydropyridines is 1. The molecule has 1 fully saturated rings. The van der Waals surface area contributed by atoms with Gasteiger partial charge in [0.15, 0.2) is 0 Å². The number of pyridine rings is 1. The molecule has 0 saturated carbocycles. The van der Waals surface area contributed by atoms with Crippen molar-refractivity contribution < 1.29 is 14.3 Å². The van der Waals surface area contributed by atoms with Gasteiger partial charge in [-0.2, -0.15) is 0 Å². The fraction of sp³-hybridized carbons (Fsp3) is 0.385. The lowest BCUT2D eigenvalue weighted by Gasteiger charge is -2.37. The molecule has 8 heteroatoms. The van der Waals surface area contributed by atoms with Crippen molar-refractivity contribution >= 4 is 23.0 Å². The third-order valence-electron chi connectivity index (χ3n) is 6.72. The van der Waals surface area contributed by atoms with Crippen LogP contribution in [0.15, 0.2) is 53.9 Å². The molecular weight excluding hydrogens is 430 g/mol. The van der Waals surface area contributed by atoms with E-state index in [9.17, 15) is 4.79 Å². The number of aromatic nitrogens is 1. The molecule has 0 radical (unpaired) electrons. The van der Waals surface area contributed by atoms with Crippen LogP contribution in [-0.4, -0.2) is 57.5 Å². The number of rotatable bonds is 5. The lowest BCUT2D eigenvalue weighted by molar-refractivity contribution is -0.139. The molecule has 1 aromatic heterocycles. The summed E-state index contributed by atoms with van der Waals surface area (Å²) in [4.78, 5) is 20.7. The Balaban J connectivity index is 1.29. The van der Waals surface area contributed by atoms with Crippen molar-refractivity contribution in [2.24, 2.45) is 0 Å². The standard InChI is InChI=1S/C26H31N5O3/c1-17-22(15-28-26-25(17)30(2)10-11-34-26)31-9-8-19-14-27-23(13-20(19)16-31)29-21-6-4-18(5-7-21)12-24(32)33-3/h4-7,13-15,23,27,29H,8-12,16H2,1-3H3. The summed E-state index contributed by atoms with van der Waals surface area (Å²) < 4.78 is 10.5. The van der Waals surface area contributed by atoms with E-state index in [0.717, 1.165) is 48.9 Å². The Kier molecular flexibility index (Phi) is 6.04. The SMILES string of the molecule is COC(=O)Cc1ccc(NC2C=C3CN(c4cnc5c(c4C)N(C)CCO5)CCC3=CN2)cc1. The Morgan fingerprint density at radius 3 is 2.88 bits per heavy atom. The van der Waals surface area contributed by atoms with Crippen LogP contribution in [0.3, 0.4) is 0 Å². The number of piperidine rings is 1. The number of fused-ring (bicyclic) bond motifs is 2. The molecule has 2 N–H and O–H groups in total. The number of carbonyl (C=O) groups excluding carboxylic acids is 1. The maximum absolute atomic E-state index is 11.5. The van der Waals surface area contributed by atoms with Crippen LogP contribution in [0.1, 0.15) is 17.5 Å². The third kappa shape index (κ3) is 4.40. The molecule has 0 bridgehead atoms. The molecule has 3 aliphatic heterocycles. The zero-order chi connectivity index (χ0) is 23.7. The van der Waals surface area contributed by atoms with Gasteiger partial charge in [0.2, 0.25) is 5.88 Å². The maximum atomic E-state index is 11.5. The molecule has 2 aromatic rings. The van der Waals surface area contributed by atoms with Gasteiger partial charge in [0.05, 0.1) is 32.0 Å². The number of hydrogen-bond donors (Lipinski definition) is 2. The predicted octanol–water partition coefficient (Wildman–Crippen LogP) is 3.00. The van der Waals surface area contributed by atoms with Gasteiger partial charge in [0.1, 0.15) is 18.5 Å². The van der Waals surface area contributed by atoms with Gasteiger partial charge in [0.25, 0.3) is 0 Å². The van der Waals surface area contributed by atoms with Crippen molar-refractivity contribution in [1.82, 2.24) is 10.3 Å². The average molecular weight is 462 g/mol. The lowest BCUT2D eigenvalue weighted by atomic mass is 9.94. The van der Waals surface area contributed by atoms with E-state index in [4.69, 9.17) is 9.47 Å². The molecule has 178 valence electrons. The number of anilines is 3. The van der Waals surface area contributed by atoms with Gasteiger partial charge >= 0.3 is 5.97 Å². The first-order valence-electron chi connectivity index (χ1n) is 11.7. The largest absolute Gasteiger partial charge is 0.474 e. The van der Waals surface area contributed by atoms with Gasteiger partial charge in [-0.15, -0.1) is 0 Å². The third-order valence-corrected chi connectivity index (χ3v) is 6.72. The highest BCUT2D eigenvalue weighted by atomic mass is 16.5. The second-order valence-corrected chi connectivity index (χ2v) is 8.96. The van der Waals surface area contributed by atoms with Crippen LogP contribution in [0.4, 0.5) is 17.1 Å². The fourth-order valence-electron chi connectivity index (χ4n) is 4.82. The first-order valence-corrected chi connectivity index (χ1v) is 11.7. The molecule has 1 unspecified atom stereocenters. The predicted molar refractivity (Wildman–Crippen MR) is 133 cm³/mol. The lowest BCUT2D eigenvalue weighted by Crippen LogP contribution is -2.40. The monoisotopic (exact) mass is 461 g/mol. The van der Waals surface area contributed by atoms with Crippen molar-refractivity contribution in [2.45, 2.75) is 25.9 Å². The van der Waals surface area contributed by atoms with Crippen LogP contribution in [-0.2, 0) is 16.0 Å². The van der Waals surface area contributed by atoms with Crippen LogP contribution < -0.4 is 25.2 Å². The smallest absolute Gasteiger partial charge is 0.309 e. The summed E-state index contributed by atoms with van der Waals surface area (Å²) in [5, 5.41) is 6.98. The highest BCUT2D eigenvalue weighted by Gasteiger charge is 2.27. The van der Waals surface area contributed by atoms with E-state index in [-0.39, 0.29) is 18.6 Å². The van der Waals surface area contributed by atoms with Crippen LogP contribution in [0, 0.1) is 6.92 Å². The quantitative estimate of drug-likeness (QED) is 0.658. The second kappa shape index (κ2) is 9.29. The van der Waals surface area contributed by atoms with E-state index in [1.165, 1.54) is 29.5 Å². The van der Waals surface area contributed by atoms with Gasteiger partial charge in [-0.3, -0.25) is 4.79 Å². The van der Waals surface area contributed by atoms with E-state index < -0.39 is 0 Å². The molecule has 8 nitrogen and oxygen atoms in total. The Labute approximate surface area is 200 Å². The number of esters is 1. The molecule has 0 amide bonds. The summed E-state index contributed by atoms with van der Waals surface area (Å²) in [6.07, 6.45) is 7.61. The normalized spacial score (nSPS) is 19.1. The average Bonchev–Trinajstić information content (AvgIpc) is 2.85. The van der Waals surface area contributed by atoms with Gasteiger partial charge in [-0.1, -0.05) is 12.1 Å². The van der Waals surface area contributed by atoms with Crippen LogP contribution >= 0.6 is 0 Å². The van der Waals surface area contributed by atoms with Gasteiger partial charge in [0, 0.05) is 37.6 Å². The molecule has 3 aliphatic rings. The Bertz CT molecular complexity index is 1140. The molecule has 34 heavy (non-hydrogen) atoms. The molecule has 1 aromatic carbocycles. The minimum Gasteiger partial charge on any atom is -0.474 e. The first kappa shape index (κ1) is 22.1. The van der Waals surface area contributed by atoms with E-state index >= 15 is 0 Å². The second-order valence-electron chi connectivity index (χ2n) is 8.96. The van der Waals surface area contributed by atoms with Crippen LogP contribution in [0.25, 0.3) is 0 Å². The minimum atomic E-state index is -0.234. The van der Waals surface area contributed by atoms with Crippen LogP contribution in [0.2, 0.25) is 0 Å². The van der Waals surface area contributed by atoms with Crippen molar-refractivity contribution in [2.75, 3.05) is 55.5 Å². The Morgan fingerprint density at radius 1 is 1.26 bits per heavy atom. The number of nitrogens with zero attached hydrogens (tertiary/aromatic N) is 3. The Hall–Kier alpha value is -3.68. The van der Waals surface area contributed by atoms with Gasteiger partial charge in [-0.25, -0.2) is 4.98 Å². The molecule has 1 atom stereocenters. The summed E-state index contributed by atoms with van der Waals surface area (Å²) in [7, 11) is 3.51. The maximum Gasteiger partial charge on any atom is 0.309 e. The van der Waals surface area contributed by atoms with Crippen molar-refractivity contribution in [3.8, 4) is 5.88 Å². The molecule has 0 spiro atoms. The number of benzene rings is 1. The summed E-state index contributed by atoms with van der Waals surface area (Å²) in [6, 6.07) is 7.88. The molecule has 0 aliphatic carbocycles. The summed E-state index contributed by atoms with van der Waals surface area (Å²) in [5.41, 5.74) is 8.09. The zero-order valence-corrected chi connectivity index (χ0v) is 19.9. The summed E-state index contributed by atoms with van der Waals surface area (Å²) >= 11 is 0. The first-order chi connectivity index (χ1) is 16.5. The number of nitrogens with one attached hydrogen (secondary N) is 2. The number of hydrogen-bond acceptors (Lipinski definition) is 8. The highest BCUT2D eigenvalue weighted by molar-refractivity contribution is 5.73. The summed E-state index contributed by atoms with van der Waals surface area (Å²) in [5.74, 6) is 0.498. The Morgan fingerprint density at radius 2 is 2.09 bits per heavy atom. The molecule has 5 rings (SSSR count). The molecular formula is C26H31N5O3. The van der Waals surface area contributed by atoms with E-state index in [1.807, 2.05) is 30.5 Å². The van der Waals surface area contributed by atoms with Crippen molar-refractivity contribution in [3.05, 3.63) is 65.0 Å². The topological polar surface area (TPSA) is 79.0 Å². The fourth-order valence-corrected chi connectivity index (χ4v) is 4.82. The molecule has 1 saturated heterocycles. The zero-order valence-electron chi connectivity index (χ0n) is 19.9. The van der Waals surface area contributed by atoms with E-state index in [2.05, 4.69) is 51.7 Å². The summed E-state index contributed by atoms with van der Waals surface area (Å²) in [6.45, 7) is 5.51. The van der Waals surface area contributed by atoms with E-state index in [0.29, 0.717) is 6.61 Å². The minimum absolute atomic E-state index is 0.00700.